The third-order valence-corrected chi connectivity index (χ3v) is 5.30. The first-order valence-electron chi connectivity index (χ1n) is 7.28. The van der Waals surface area contributed by atoms with Crippen molar-refractivity contribution in [2.45, 2.75) is 4.90 Å². The van der Waals surface area contributed by atoms with Gasteiger partial charge in [0.1, 0.15) is 5.75 Å². The van der Waals surface area contributed by atoms with Crippen LogP contribution in [-0.4, -0.2) is 38.8 Å². The number of rotatable bonds is 5. The highest BCUT2D eigenvalue weighted by molar-refractivity contribution is 7.92. The summed E-state index contributed by atoms with van der Waals surface area (Å²) in [6, 6.07) is 8.78. The maximum atomic E-state index is 12.6. The van der Waals surface area contributed by atoms with Gasteiger partial charge in [0.15, 0.2) is 5.69 Å². The van der Waals surface area contributed by atoms with Crippen molar-refractivity contribution >= 4 is 44.2 Å². The molecule has 2 aromatic carbocycles. The molecule has 0 saturated heterocycles. The molecule has 0 radical (unpaired) electrons. The van der Waals surface area contributed by atoms with Crippen molar-refractivity contribution in [3.05, 3.63) is 47.1 Å². The Balaban J connectivity index is 1.97. The molecule has 0 aliphatic carbocycles. The Bertz CT molecular complexity index is 1090. The maximum absolute atomic E-state index is 12.6. The van der Waals surface area contributed by atoms with Gasteiger partial charge in [0.25, 0.3) is 10.0 Å². The van der Waals surface area contributed by atoms with Gasteiger partial charge in [0.05, 0.1) is 29.7 Å². The van der Waals surface area contributed by atoms with E-state index >= 15 is 0 Å². The van der Waals surface area contributed by atoms with Gasteiger partial charge in [0, 0.05) is 11.1 Å². The van der Waals surface area contributed by atoms with Crippen molar-refractivity contribution in [2.75, 3.05) is 18.9 Å². The van der Waals surface area contributed by atoms with Crippen molar-refractivity contribution < 1.29 is 22.7 Å². The molecule has 0 aliphatic rings. The standard InChI is InChI=1S/C16H14ClN3O5S/c1-24-14-6-4-10(8-12(14)17)26(22,23)20-9-3-5-13-11(7-9)15(19-18-13)16(21)25-2/h3-8,20H,1-2H3,(H,18,19). The third-order valence-electron chi connectivity index (χ3n) is 3.63. The van der Waals surface area contributed by atoms with Gasteiger partial charge >= 0.3 is 5.97 Å². The predicted molar refractivity (Wildman–Crippen MR) is 96.2 cm³/mol. The molecule has 0 aliphatic heterocycles. The highest BCUT2D eigenvalue weighted by Gasteiger charge is 2.19. The average molecular weight is 396 g/mol. The minimum atomic E-state index is -3.89. The van der Waals surface area contributed by atoms with E-state index in [1.807, 2.05) is 0 Å². The first kappa shape index (κ1) is 18.0. The Labute approximate surface area is 154 Å². The number of carbonyl (C=O) groups is 1. The van der Waals surface area contributed by atoms with Gasteiger partial charge < -0.3 is 9.47 Å². The lowest BCUT2D eigenvalue weighted by molar-refractivity contribution is 0.0596. The number of esters is 1. The van der Waals surface area contributed by atoms with Crippen molar-refractivity contribution in [3.8, 4) is 5.75 Å². The summed E-state index contributed by atoms with van der Waals surface area (Å²) in [5, 5.41) is 7.18. The number of methoxy groups -OCH3 is 2. The topological polar surface area (TPSA) is 110 Å². The number of ether oxygens (including phenoxy) is 2. The molecule has 3 rings (SSSR count). The smallest absolute Gasteiger partial charge is 0.359 e. The highest BCUT2D eigenvalue weighted by atomic mass is 35.5. The number of carbonyl (C=O) groups excluding carboxylic acids is 1. The summed E-state index contributed by atoms with van der Waals surface area (Å²) in [5.41, 5.74) is 0.896. The molecule has 3 aromatic rings. The van der Waals surface area contributed by atoms with E-state index in [1.165, 1.54) is 38.5 Å². The van der Waals surface area contributed by atoms with Crippen LogP contribution in [0.5, 0.6) is 5.75 Å². The first-order valence-corrected chi connectivity index (χ1v) is 9.14. The number of nitrogens with one attached hydrogen (secondary N) is 2. The molecule has 10 heteroatoms. The van der Waals surface area contributed by atoms with E-state index in [9.17, 15) is 13.2 Å². The third kappa shape index (κ3) is 3.31. The second kappa shape index (κ2) is 6.85. The lowest BCUT2D eigenvalue weighted by Gasteiger charge is -2.10. The van der Waals surface area contributed by atoms with Crippen LogP contribution in [0, 0.1) is 0 Å². The molecule has 0 fully saturated rings. The number of fused-ring (bicyclic) bond motifs is 1. The average Bonchev–Trinajstić information content (AvgIpc) is 3.03. The van der Waals surface area contributed by atoms with Crippen LogP contribution in [0.4, 0.5) is 5.69 Å². The summed E-state index contributed by atoms with van der Waals surface area (Å²) in [7, 11) is -1.21. The molecule has 1 heterocycles. The van der Waals surface area contributed by atoms with E-state index < -0.39 is 16.0 Å². The molecule has 0 amide bonds. The second-order valence-corrected chi connectivity index (χ2v) is 7.32. The van der Waals surface area contributed by atoms with E-state index in [2.05, 4.69) is 19.7 Å². The van der Waals surface area contributed by atoms with Crippen molar-refractivity contribution in [3.63, 3.8) is 0 Å². The van der Waals surface area contributed by atoms with E-state index in [1.54, 1.807) is 12.1 Å². The van der Waals surface area contributed by atoms with Crippen LogP contribution in [0.3, 0.4) is 0 Å². The highest BCUT2D eigenvalue weighted by Crippen LogP contribution is 2.28. The number of aromatic nitrogens is 2. The van der Waals surface area contributed by atoms with Gasteiger partial charge in [-0.3, -0.25) is 9.82 Å². The Morgan fingerprint density at radius 3 is 2.62 bits per heavy atom. The summed E-state index contributed by atoms with van der Waals surface area (Å²) >= 11 is 5.99. The number of H-pyrrole nitrogens is 1. The molecule has 2 N–H and O–H groups in total. The first-order chi connectivity index (χ1) is 12.4. The monoisotopic (exact) mass is 395 g/mol. The molecule has 26 heavy (non-hydrogen) atoms. The van der Waals surface area contributed by atoms with E-state index in [-0.39, 0.29) is 21.3 Å². The Hall–Kier alpha value is -2.78. The summed E-state index contributed by atoms with van der Waals surface area (Å²) < 4.78 is 37.3. The number of aromatic amines is 1. The molecule has 0 bridgehead atoms. The Kier molecular flexibility index (Phi) is 4.75. The quantitative estimate of drug-likeness (QED) is 0.643. The number of halogens is 1. The molecule has 136 valence electrons. The number of hydrogen-bond donors (Lipinski definition) is 2. The molecule has 1 aromatic heterocycles. The van der Waals surface area contributed by atoms with Crippen LogP contribution in [0.2, 0.25) is 5.02 Å². The SMILES string of the molecule is COC(=O)c1n[nH]c2ccc(NS(=O)(=O)c3ccc(OC)c(Cl)c3)cc12. The fraction of sp³-hybridized carbons (Fsp3) is 0.125. The molecule has 0 atom stereocenters. The van der Waals surface area contributed by atoms with Gasteiger partial charge in [0.2, 0.25) is 0 Å². The van der Waals surface area contributed by atoms with Crippen LogP contribution >= 0.6 is 11.6 Å². The van der Waals surface area contributed by atoms with E-state index in [4.69, 9.17) is 16.3 Å². The van der Waals surface area contributed by atoms with Crippen molar-refractivity contribution in [1.82, 2.24) is 10.2 Å². The molecule has 0 spiro atoms. The lowest BCUT2D eigenvalue weighted by atomic mass is 10.2. The Morgan fingerprint density at radius 2 is 1.96 bits per heavy atom. The summed E-state index contributed by atoms with van der Waals surface area (Å²) in [4.78, 5) is 11.7. The van der Waals surface area contributed by atoms with Gasteiger partial charge in [-0.25, -0.2) is 13.2 Å². The van der Waals surface area contributed by atoms with Crippen LogP contribution in [-0.2, 0) is 14.8 Å². The molecule has 0 unspecified atom stereocenters. The van der Waals surface area contributed by atoms with E-state index in [0.717, 1.165) is 0 Å². The minimum absolute atomic E-state index is 0.0243. The minimum Gasteiger partial charge on any atom is -0.495 e. The number of benzene rings is 2. The largest absolute Gasteiger partial charge is 0.495 e. The van der Waals surface area contributed by atoms with Crippen LogP contribution in [0.25, 0.3) is 10.9 Å². The Morgan fingerprint density at radius 1 is 1.19 bits per heavy atom. The molecular weight excluding hydrogens is 382 g/mol. The normalized spacial score (nSPS) is 11.3. The van der Waals surface area contributed by atoms with E-state index in [0.29, 0.717) is 16.7 Å². The second-order valence-electron chi connectivity index (χ2n) is 5.23. The summed E-state index contributed by atoms with van der Waals surface area (Å²) in [5.74, 6) is -0.258. The fourth-order valence-corrected chi connectivity index (χ4v) is 3.76. The summed E-state index contributed by atoms with van der Waals surface area (Å²) in [6.07, 6.45) is 0. The number of anilines is 1. The van der Waals surface area contributed by atoms with Crippen molar-refractivity contribution in [1.29, 1.82) is 0 Å². The number of sulfonamides is 1. The zero-order chi connectivity index (χ0) is 18.9. The van der Waals surface area contributed by atoms with Gasteiger partial charge in [-0.05, 0) is 36.4 Å². The van der Waals surface area contributed by atoms with Crippen LogP contribution < -0.4 is 9.46 Å². The van der Waals surface area contributed by atoms with Gasteiger partial charge in [-0.2, -0.15) is 5.10 Å². The van der Waals surface area contributed by atoms with Gasteiger partial charge in [-0.1, -0.05) is 11.6 Å². The van der Waals surface area contributed by atoms with Crippen molar-refractivity contribution in [2.24, 2.45) is 0 Å². The number of hydrogen-bond acceptors (Lipinski definition) is 6. The fourth-order valence-electron chi connectivity index (χ4n) is 2.36. The number of nitrogens with zero attached hydrogens (tertiary/aromatic N) is 1. The predicted octanol–water partition coefficient (Wildman–Crippen LogP) is 2.81. The summed E-state index contributed by atoms with van der Waals surface area (Å²) in [6.45, 7) is 0. The molecule has 0 saturated carbocycles. The zero-order valence-electron chi connectivity index (χ0n) is 13.7. The van der Waals surface area contributed by atoms with Gasteiger partial charge in [-0.15, -0.1) is 0 Å². The zero-order valence-corrected chi connectivity index (χ0v) is 15.3. The molecule has 8 nitrogen and oxygen atoms in total. The van der Waals surface area contributed by atoms with Crippen LogP contribution in [0.15, 0.2) is 41.3 Å². The van der Waals surface area contributed by atoms with Crippen LogP contribution in [0.1, 0.15) is 10.5 Å². The lowest BCUT2D eigenvalue weighted by Crippen LogP contribution is -2.13. The molecular formula is C16H14ClN3O5S. The maximum Gasteiger partial charge on any atom is 0.359 e.